The summed E-state index contributed by atoms with van der Waals surface area (Å²) >= 11 is 3.41. The van der Waals surface area contributed by atoms with Crippen molar-refractivity contribution >= 4 is 26.0 Å². The van der Waals surface area contributed by atoms with E-state index in [0.29, 0.717) is 24.4 Å². The Bertz CT molecular complexity index is 771. The van der Waals surface area contributed by atoms with Crippen LogP contribution in [-0.2, 0) is 22.0 Å². The Labute approximate surface area is 152 Å². The van der Waals surface area contributed by atoms with Gasteiger partial charge in [0.15, 0.2) is 0 Å². The van der Waals surface area contributed by atoms with Crippen molar-refractivity contribution in [1.29, 1.82) is 0 Å². The van der Waals surface area contributed by atoms with Crippen molar-refractivity contribution in [3.05, 3.63) is 46.2 Å². The second-order valence-corrected chi connectivity index (χ2v) is 9.47. The van der Waals surface area contributed by atoms with Gasteiger partial charge in [0.1, 0.15) is 0 Å². The average Bonchev–Trinajstić information content (AvgIpc) is 2.81. The summed E-state index contributed by atoms with van der Waals surface area (Å²) in [6.45, 7) is 9.26. The van der Waals surface area contributed by atoms with Crippen molar-refractivity contribution in [2.45, 2.75) is 51.0 Å². The Morgan fingerprint density at radius 3 is 2.33 bits per heavy atom. The molecule has 5 nitrogen and oxygen atoms in total. The molecule has 1 N–H and O–H groups in total. The van der Waals surface area contributed by atoms with Gasteiger partial charge in [0.05, 0.1) is 15.1 Å². The third kappa shape index (κ3) is 4.91. The summed E-state index contributed by atoms with van der Waals surface area (Å²) in [5, 5.41) is 4.33. The van der Waals surface area contributed by atoms with Gasteiger partial charge in [-0.05, 0) is 52.4 Å². The van der Waals surface area contributed by atoms with Gasteiger partial charge in [-0.25, -0.2) is 13.1 Å². The lowest BCUT2D eigenvalue weighted by atomic mass is 9.87. The molecule has 0 aliphatic rings. The van der Waals surface area contributed by atoms with E-state index < -0.39 is 10.0 Å². The van der Waals surface area contributed by atoms with Gasteiger partial charge >= 0.3 is 0 Å². The third-order valence-electron chi connectivity index (χ3n) is 3.77. The minimum atomic E-state index is -3.47. The summed E-state index contributed by atoms with van der Waals surface area (Å²) in [6, 6.07) is 7.07. The Hall–Kier alpha value is -1.18. The maximum absolute atomic E-state index is 12.3. The smallest absolute Gasteiger partial charge is 0.240 e. The molecule has 2 rings (SSSR count). The van der Waals surface area contributed by atoms with Crippen molar-refractivity contribution in [2.75, 3.05) is 6.54 Å². The Kier molecular flexibility index (Phi) is 5.88. The molecule has 0 spiro atoms. The lowest BCUT2D eigenvalue weighted by Gasteiger charge is -2.19. The van der Waals surface area contributed by atoms with Crippen LogP contribution in [0.2, 0.25) is 0 Å². The van der Waals surface area contributed by atoms with E-state index in [0.717, 1.165) is 15.7 Å². The molecule has 1 aromatic carbocycles. The van der Waals surface area contributed by atoms with Gasteiger partial charge in [0, 0.05) is 19.3 Å². The van der Waals surface area contributed by atoms with E-state index in [1.165, 1.54) is 0 Å². The van der Waals surface area contributed by atoms with Crippen LogP contribution >= 0.6 is 15.9 Å². The van der Waals surface area contributed by atoms with E-state index in [9.17, 15) is 8.42 Å². The van der Waals surface area contributed by atoms with Crippen molar-refractivity contribution < 1.29 is 8.42 Å². The minimum absolute atomic E-state index is 0.00584. The predicted molar refractivity (Wildman–Crippen MR) is 99.6 cm³/mol. The number of aromatic nitrogens is 2. The zero-order valence-electron chi connectivity index (χ0n) is 14.5. The number of rotatable bonds is 6. The summed E-state index contributed by atoms with van der Waals surface area (Å²) in [5.41, 5.74) is 2.04. The van der Waals surface area contributed by atoms with Gasteiger partial charge in [-0.3, -0.25) is 4.68 Å². The highest BCUT2D eigenvalue weighted by Crippen LogP contribution is 2.23. The molecule has 132 valence electrons. The maximum atomic E-state index is 12.3. The number of sulfonamides is 1. The zero-order chi connectivity index (χ0) is 18.0. The fourth-order valence-electron chi connectivity index (χ4n) is 2.27. The zero-order valence-corrected chi connectivity index (χ0v) is 16.9. The molecule has 0 unspecified atom stereocenters. The topological polar surface area (TPSA) is 64.0 Å². The van der Waals surface area contributed by atoms with E-state index >= 15 is 0 Å². The van der Waals surface area contributed by atoms with Crippen LogP contribution in [0.1, 0.15) is 38.4 Å². The molecular formula is C17H24BrN3O2S. The summed E-state index contributed by atoms with van der Waals surface area (Å²) in [4.78, 5) is 0.299. The molecule has 0 atom stereocenters. The molecule has 0 amide bonds. The quantitative estimate of drug-likeness (QED) is 0.735. The number of hydrogen-bond donors (Lipinski definition) is 1. The van der Waals surface area contributed by atoms with Crippen LogP contribution in [0.15, 0.2) is 39.8 Å². The number of benzene rings is 1. The molecule has 24 heavy (non-hydrogen) atoms. The Morgan fingerprint density at radius 2 is 1.83 bits per heavy atom. The second kappa shape index (κ2) is 7.37. The van der Waals surface area contributed by atoms with E-state index in [-0.39, 0.29) is 5.41 Å². The summed E-state index contributed by atoms with van der Waals surface area (Å²) in [5.74, 6) is 0. The molecule has 0 aliphatic carbocycles. The van der Waals surface area contributed by atoms with Crippen LogP contribution in [0.5, 0.6) is 0 Å². The van der Waals surface area contributed by atoms with Crippen LogP contribution < -0.4 is 4.72 Å². The average molecular weight is 414 g/mol. The van der Waals surface area contributed by atoms with Crippen LogP contribution in [0.3, 0.4) is 0 Å². The highest BCUT2D eigenvalue weighted by molar-refractivity contribution is 9.10. The van der Waals surface area contributed by atoms with Crippen LogP contribution in [0.4, 0.5) is 0 Å². The summed E-state index contributed by atoms with van der Waals surface area (Å²) in [6.07, 6.45) is 2.57. The van der Waals surface area contributed by atoms with Gasteiger partial charge < -0.3 is 0 Å². The Morgan fingerprint density at radius 1 is 1.21 bits per heavy atom. The van der Waals surface area contributed by atoms with E-state index in [4.69, 9.17) is 0 Å². The number of nitrogens with zero attached hydrogens (tertiary/aromatic N) is 2. The van der Waals surface area contributed by atoms with Gasteiger partial charge in [0.2, 0.25) is 10.0 Å². The maximum Gasteiger partial charge on any atom is 0.240 e. The molecule has 7 heteroatoms. The molecule has 0 fully saturated rings. The highest BCUT2D eigenvalue weighted by atomic mass is 79.9. The van der Waals surface area contributed by atoms with Crippen LogP contribution in [-0.4, -0.2) is 24.7 Å². The number of aryl methyl sites for hydroxylation is 2. The number of hydrogen-bond acceptors (Lipinski definition) is 3. The van der Waals surface area contributed by atoms with E-state index in [2.05, 4.69) is 46.5 Å². The number of halogens is 1. The van der Waals surface area contributed by atoms with Crippen molar-refractivity contribution in [2.24, 2.45) is 0 Å². The molecule has 1 aromatic heterocycles. The standard InChI is InChI=1S/C17H24BrN3O2S/c1-13-16(18)12-21(20-13)11-5-10-19-24(22,23)15-8-6-14(7-9-15)17(2,3)4/h6-9,12,19H,5,10-11H2,1-4H3. The first kappa shape index (κ1) is 19.1. The van der Waals surface area contributed by atoms with Gasteiger partial charge in [-0.1, -0.05) is 32.9 Å². The van der Waals surface area contributed by atoms with Crippen LogP contribution in [0.25, 0.3) is 0 Å². The van der Waals surface area contributed by atoms with Crippen molar-refractivity contribution in [1.82, 2.24) is 14.5 Å². The first-order valence-electron chi connectivity index (χ1n) is 7.89. The minimum Gasteiger partial charge on any atom is -0.271 e. The largest absolute Gasteiger partial charge is 0.271 e. The fourth-order valence-corrected chi connectivity index (χ4v) is 3.66. The summed E-state index contributed by atoms with van der Waals surface area (Å²) in [7, 11) is -3.47. The van der Waals surface area contributed by atoms with E-state index in [1.54, 1.807) is 12.1 Å². The predicted octanol–water partition coefficient (Wildman–Crippen LogP) is 3.62. The molecule has 2 aromatic rings. The third-order valence-corrected chi connectivity index (χ3v) is 6.03. The lowest BCUT2D eigenvalue weighted by Crippen LogP contribution is -2.25. The molecule has 0 bridgehead atoms. The lowest BCUT2D eigenvalue weighted by molar-refractivity contribution is 0.550. The molecule has 0 saturated carbocycles. The van der Waals surface area contributed by atoms with Gasteiger partial charge in [-0.2, -0.15) is 5.10 Å². The fraction of sp³-hybridized carbons (Fsp3) is 0.471. The normalized spacial score (nSPS) is 12.5. The Balaban J connectivity index is 1.91. The molecule has 0 saturated heterocycles. The molecule has 0 aliphatic heterocycles. The molecule has 0 radical (unpaired) electrons. The first-order valence-corrected chi connectivity index (χ1v) is 10.2. The number of nitrogens with one attached hydrogen (secondary N) is 1. The van der Waals surface area contributed by atoms with Crippen molar-refractivity contribution in [3.8, 4) is 0 Å². The monoisotopic (exact) mass is 413 g/mol. The van der Waals surface area contributed by atoms with Gasteiger partial charge in [0.25, 0.3) is 0 Å². The summed E-state index contributed by atoms with van der Waals surface area (Å²) < 4.78 is 30.1. The van der Waals surface area contributed by atoms with Gasteiger partial charge in [-0.15, -0.1) is 0 Å². The van der Waals surface area contributed by atoms with Crippen LogP contribution in [0, 0.1) is 6.92 Å². The molecule has 1 heterocycles. The van der Waals surface area contributed by atoms with E-state index in [1.807, 2.05) is 29.9 Å². The SMILES string of the molecule is Cc1nn(CCCNS(=O)(=O)c2ccc(C(C)(C)C)cc2)cc1Br. The first-order chi connectivity index (χ1) is 11.1. The highest BCUT2D eigenvalue weighted by Gasteiger charge is 2.17. The second-order valence-electron chi connectivity index (χ2n) is 6.85. The van der Waals surface area contributed by atoms with Crippen molar-refractivity contribution in [3.63, 3.8) is 0 Å². The molecular weight excluding hydrogens is 390 g/mol.